The molecule has 0 saturated heterocycles. The molecule has 1 N–H and O–H groups in total. The van der Waals surface area contributed by atoms with Gasteiger partial charge in [0.2, 0.25) is 18.6 Å². The molecule has 4 rings (SSSR count). The molecular weight excluding hydrogens is 368 g/mol. The van der Waals surface area contributed by atoms with Gasteiger partial charge in [0.05, 0.1) is 6.42 Å². The number of hydrogen-bond acceptors (Lipinski definition) is 5. The molecule has 0 fully saturated rings. The molecule has 0 spiro atoms. The van der Waals surface area contributed by atoms with Crippen LogP contribution < -0.4 is 19.5 Å². The lowest BCUT2D eigenvalue weighted by atomic mass is 10.1. The van der Waals surface area contributed by atoms with E-state index in [1.54, 1.807) is 6.20 Å². The number of ether oxygens (including phenoxy) is 3. The van der Waals surface area contributed by atoms with Crippen molar-refractivity contribution in [3.8, 4) is 23.1 Å². The molecule has 1 amide bonds. The van der Waals surface area contributed by atoms with Crippen molar-refractivity contribution in [2.75, 3.05) is 6.79 Å². The zero-order valence-electron chi connectivity index (χ0n) is 16.4. The van der Waals surface area contributed by atoms with Crippen LogP contribution in [-0.2, 0) is 17.8 Å². The van der Waals surface area contributed by atoms with Gasteiger partial charge in [-0.3, -0.25) is 4.79 Å². The van der Waals surface area contributed by atoms with Gasteiger partial charge in [-0.1, -0.05) is 30.3 Å². The molecule has 148 valence electrons. The van der Waals surface area contributed by atoms with Crippen LogP contribution in [0, 0.1) is 13.8 Å². The van der Waals surface area contributed by atoms with E-state index in [0.29, 0.717) is 23.9 Å². The van der Waals surface area contributed by atoms with Crippen LogP contribution in [0.25, 0.3) is 0 Å². The van der Waals surface area contributed by atoms with Crippen LogP contribution in [-0.4, -0.2) is 17.7 Å². The third kappa shape index (κ3) is 4.32. The number of pyridine rings is 1. The van der Waals surface area contributed by atoms with Gasteiger partial charge in [-0.05, 0) is 48.7 Å². The highest BCUT2D eigenvalue weighted by molar-refractivity contribution is 5.78. The number of carbonyl (C=O) groups excluding carboxylic acids is 1. The number of rotatable bonds is 6. The first-order chi connectivity index (χ1) is 14.1. The van der Waals surface area contributed by atoms with Crippen LogP contribution in [0.5, 0.6) is 23.1 Å². The Morgan fingerprint density at radius 3 is 2.69 bits per heavy atom. The minimum Gasteiger partial charge on any atom is -0.454 e. The molecule has 0 radical (unpaired) electrons. The number of carbonyl (C=O) groups is 1. The average Bonchev–Trinajstić information content (AvgIpc) is 3.18. The Kier molecular flexibility index (Phi) is 5.33. The molecule has 6 nitrogen and oxygen atoms in total. The quantitative estimate of drug-likeness (QED) is 0.687. The van der Waals surface area contributed by atoms with Crippen LogP contribution in [0.15, 0.2) is 54.7 Å². The molecule has 0 unspecified atom stereocenters. The third-order valence-electron chi connectivity index (χ3n) is 4.74. The number of para-hydroxylation sites is 1. The Balaban J connectivity index is 1.41. The van der Waals surface area contributed by atoms with Gasteiger partial charge in [-0.2, -0.15) is 0 Å². The summed E-state index contributed by atoms with van der Waals surface area (Å²) in [7, 11) is 0. The molecule has 6 heteroatoms. The Hall–Kier alpha value is -3.54. The lowest BCUT2D eigenvalue weighted by Crippen LogP contribution is -2.24. The van der Waals surface area contributed by atoms with Gasteiger partial charge < -0.3 is 19.5 Å². The van der Waals surface area contributed by atoms with Gasteiger partial charge in [-0.25, -0.2) is 4.98 Å². The maximum atomic E-state index is 12.4. The minimum atomic E-state index is -0.0919. The zero-order chi connectivity index (χ0) is 20.2. The molecule has 0 saturated carbocycles. The van der Waals surface area contributed by atoms with Crippen molar-refractivity contribution >= 4 is 5.91 Å². The van der Waals surface area contributed by atoms with E-state index in [0.717, 1.165) is 28.0 Å². The molecule has 2 aromatic carbocycles. The summed E-state index contributed by atoms with van der Waals surface area (Å²) < 4.78 is 16.7. The number of benzene rings is 2. The van der Waals surface area contributed by atoms with E-state index >= 15 is 0 Å². The van der Waals surface area contributed by atoms with Gasteiger partial charge in [-0.15, -0.1) is 0 Å². The van der Waals surface area contributed by atoms with E-state index in [9.17, 15) is 4.79 Å². The van der Waals surface area contributed by atoms with Crippen molar-refractivity contribution in [2.45, 2.75) is 26.8 Å². The first-order valence-electron chi connectivity index (χ1n) is 9.43. The second kappa shape index (κ2) is 8.22. The van der Waals surface area contributed by atoms with E-state index in [4.69, 9.17) is 14.2 Å². The fourth-order valence-electron chi connectivity index (χ4n) is 3.20. The van der Waals surface area contributed by atoms with Crippen LogP contribution in [0.4, 0.5) is 0 Å². The summed E-state index contributed by atoms with van der Waals surface area (Å²) in [6.07, 6.45) is 1.94. The normalized spacial score (nSPS) is 11.9. The number of nitrogens with one attached hydrogen (secondary N) is 1. The molecule has 29 heavy (non-hydrogen) atoms. The molecule has 1 aliphatic heterocycles. The molecule has 1 aromatic heterocycles. The highest BCUT2D eigenvalue weighted by atomic mass is 16.7. The van der Waals surface area contributed by atoms with Crippen LogP contribution in [0.1, 0.15) is 22.3 Å². The third-order valence-corrected chi connectivity index (χ3v) is 4.74. The second-order valence-electron chi connectivity index (χ2n) is 6.93. The maximum absolute atomic E-state index is 12.4. The Morgan fingerprint density at radius 1 is 1.07 bits per heavy atom. The van der Waals surface area contributed by atoms with E-state index in [1.165, 1.54) is 0 Å². The summed E-state index contributed by atoms with van der Waals surface area (Å²) in [5, 5.41) is 2.94. The van der Waals surface area contributed by atoms with Crippen molar-refractivity contribution in [1.82, 2.24) is 10.3 Å². The van der Waals surface area contributed by atoms with Gasteiger partial charge in [0.1, 0.15) is 5.75 Å². The van der Waals surface area contributed by atoms with E-state index in [2.05, 4.69) is 10.3 Å². The van der Waals surface area contributed by atoms with Gasteiger partial charge >= 0.3 is 0 Å². The molecular formula is C23H22N2O4. The smallest absolute Gasteiger partial charge is 0.231 e. The lowest BCUT2D eigenvalue weighted by Gasteiger charge is -2.14. The van der Waals surface area contributed by atoms with Crippen LogP contribution in [0.3, 0.4) is 0 Å². The van der Waals surface area contributed by atoms with Crippen LogP contribution in [0.2, 0.25) is 0 Å². The number of amides is 1. The monoisotopic (exact) mass is 390 g/mol. The molecule has 0 aliphatic carbocycles. The number of hydrogen-bond donors (Lipinski definition) is 1. The van der Waals surface area contributed by atoms with Crippen molar-refractivity contribution in [1.29, 1.82) is 0 Å². The largest absolute Gasteiger partial charge is 0.454 e. The summed E-state index contributed by atoms with van der Waals surface area (Å²) in [6, 6.07) is 15.2. The summed E-state index contributed by atoms with van der Waals surface area (Å²) in [5.41, 5.74) is 3.75. The highest BCUT2D eigenvalue weighted by Crippen LogP contribution is 2.32. The van der Waals surface area contributed by atoms with Crippen molar-refractivity contribution in [3.05, 3.63) is 77.0 Å². The predicted octanol–water partition coefficient (Wildman–Crippen LogP) is 4.08. The summed E-state index contributed by atoms with van der Waals surface area (Å²) in [6.45, 7) is 4.54. The number of nitrogens with zero attached hydrogens (tertiary/aromatic N) is 1. The fraction of sp³-hybridized carbons (Fsp3) is 0.217. The highest BCUT2D eigenvalue weighted by Gasteiger charge is 2.15. The van der Waals surface area contributed by atoms with Crippen molar-refractivity contribution in [2.24, 2.45) is 0 Å². The maximum Gasteiger partial charge on any atom is 0.231 e. The Morgan fingerprint density at radius 2 is 1.86 bits per heavy atom. The molecule has 1 aliphatic rings. The molecule has 3 aromatic rings. The summed E-state index contributed by atoms with van der Waals surface area (Å²) >= 11 is 0. The van der Waals surface area contributed by atoms with Crippen LogP contribution >= 0.6 is 0 Å². The van der Waals surface area contributed by atoms with Gasteiger partial charge in [0, 0.05) is 18.3 Å². The van der Waals surface area contributed by atoms with E-state index in [1.807, 2.05) is 62.4 Å². The summed E-state index contributed by atoms with van der Waals surface area (Å²) in [5.74, 6) is 2.57. The number of fused-ring (bicyclic) bond motifs is 1. The number of aromatic nitrogens is 1. The topological polar surface area (TPSA) is 69.7 Å². The number of aryl methyl sites for hydroxylation is 2. The second-order valence-corrected chi connectivity index (χ2v) is 6.93. The molecule has 2 heterocycles. The predicted molar refractivity (Wildman–Crippen MR) is 108 cm³/mol. The Bertz CT molecular complexity index is 1030. The first-order valence-corrected chi connectivity index (χ1v) is 9.43. The fourth-order valence-corrected chi connectivity index (χ4v) is 3.20. The van der Waals surface area contributed by atoms with E-state index < -0.39 is 0 Å². The standard InChI is InChI=1S/C23H22N2O4/c1-15-5-3-6-16(2)22(15)29-23-18(7-4-10-24-23)13-25-21(26)12-17-8-9-19-20(11-17)28-14-27-19/h3-11H,12-14H2,1-2H3,(H,25,26). The van der Waals surface area contributed by atoms with Crippen molar-refractivity contribution in [3.63, 3.8) is 0 Å². The Labute approximate surface area is 169 Å². The molecule has 0 bridgehead atoms. The minimum absolute atomic E-state index is 0.0919. The SMILES string of the molecule is Cc1cccc(C)c1Oc1ncccc1CNC(=O)Cc1ccc2c(c1)OCO2. The van der Waals surface area contributed by atoms with E-state index in [-0.39, 0.29) is 19.1 Å². The summed E-state index contributed by atoms with van der Waals surface area (Å²) in [4.78, 5) is 16.8. The molecule has 0 atom stereocenters. The zero-order valence-corrected chi connectivity index (χ0v) is 16.4. The lowest BCUT2D eigenvalue weighted by molar-refractivity contribution is -0.120. The average molecular weight is 390 g/mol. The van der Waals surface area contributed by atoms with Gasteiger partial charge in [0.25, 0.3) is 0 Å². The first kappa shape index (κ1) is 18.8. The van der Waals surface area contributed by atoms with Gasteiger partial charge in [0.15, 0.2) is 11.5 Å². The van der Waals surface area contributed by atoms with Crippen molar-refractivity contribution < 1.29 is 19.0 Å².